The van der Waals surface area contributed by atoms with Crippen LogP contribution in [0.25, 0.3) is 5.69 Å². The van der Waals surface area contributed by atoms with Crippen molar-refractivity contribution in [1.82, 2.24) is 14.7 Å². The number of amides is 1. The smallest absolute Gasteiger partial charge is 0.271 e. The van der Waals surface area contributed by atoms with Crippen LogP contribution in [0.4, 0.5) is 5.82 Å². The van der Waals surface area contributed by atoms with E-state index in [9.17, 15) is 9.59 Å². The van der Waals surface area contributed by atoms with E-state index in [1.807, 2.05) is 66.4 Å². The first kappa shape index (κ1) is 20.7. The van der Waals surface area contributed by atoms with E-state index in [0.717, 1.165) is 30.2 Å². The van der Waals surface area contributed by atoms with Crippen LogP contribution in [-0.4, -0.2) is 53.4 Å². The van der Waals surface area contributed by atoms with Crippen LogP contribution in [0.2, 0.25) is 0 Å². The highest BCUT2D eigenvalue weighted by molar-refractivity contribution is 5.94. The molecule has 2 heterocycles. The lowest BCUT2D eigenvalue weighted by Crippen LogP contribution is -2.36. The summed E-state index contributed by atoms with van der Waals surface area (Å²) in [5, 5.41) is 4.58. The minimum Gasteiger partial charge on any atom is -0.494 e. The normalized spacial score (nSPS) is 14.2. The highest BCUT2D eigenvalue weighted by Crippen LogP contribution is 2.17. The van der Waals surface area contributed by atoms with Crippen LogP contribution >= 0.6 is 0 Å². The standard InChI is InChI=1S/C24H26N4O3/c1-2-31-21-11-9-19(10-12-21)24(30)27-16-6-15-26(17-18-27)22-13-14-23(29)28(25-22)20-7-4-3-5-8-20/h3-5,7-14H,2,6,15-18H2,1H3. The van der Waals surface area contributed by atoms with Crippen molar-refractivity contribution >= 4 is 11.7 Å². The number of hydrogen-bond donors (Lipinski definition) is 0. The van der Waals surface area contributed by atoms with Crippen molar-refractivity contribution in [3.8, 4) is 11.4 Å². The summed E-state index contributed by atoms with van der Waals surface area (Å²) in [5.41, 5.74) is 1.22. The highest BCUT2D eigenvalue weighted by atomic mass is 16.5. The van der Waals surface area contributed by atoms with Gasteiger partial charge in [0.25, 0.3) is 11.5 Å². The number of carbonyl (C=O) groups is 1. The zero-order chi connectivity index (χ0) is 21.6. The van der Waals surface area contributed by atoms with Gasteiger partial charge in [0, 0.05) is 37.8 Å². The molecule has 1 fully saturated rings. The molecule has 160 valence electrons. The van der Waals surface area contributed by atoms with E-state index in [0.29, 0.717) is 31.8 Å². The van der Waals surface area contributed by atoms with E-state index in [-0.39, 0.29) is 11.5 Å². The number of para-hydroxylation sites is 1. The Morgan fingerprint density at radius 1 is 0.935 bits per heavy atom. The van der Waals surface area contributed by atoms with E-state index in [4.69, 9.17) is 4.74 Å². The molecular formula is C24H26N4O3. The minimum atomic E-state index is -0.169. The van der Waals surface area contributed by atoms with Gasteiger partial charge in [-0.3, -0.25) is 9.59 Å². The molecule has 1 amide bonds. The largest absolute Gasteiger partial charge is 0.494 e. The van der Waals surface area contributed by atoms with Crippen molar-refractivity contribution in [2.75, 3.05) is 37.7 Å². The zero-order valence-corrected chi connectivity index (χ0v) is 17.6. The SMILES string of the molecule is CCOc1ccc(C(=O)N2CCCN(c3ccc(=O)n(-c4ccccc4)n3)CC2)cc1. The van der Waals surface area contributed by atoms with Crippen LogP contribution in [0.5, 0.6) is 5.75 Å². The van der Waals surface area contributed by atoms with Crippen LogP contribution in [0.1, 0.15) is 23.7 Å². The van der Waals surface area contributed by atoms with Gasteiger partial charge in [-0.1, -0.05) is 18.2 Å². The average molecular weight is 418 g/mol. The van der Waals surface area contributed by atoms with E-state index >= 15 is 0 Å². The van der Waals surface area contributed by atoms with Crippen molar-refractivity contribution in [3.05, 3.63) is 82.6 Å². The second-order valence-electron chi connectivity index (χ2n) is 7.37. The molecule has 31 heavy (non-hydrogen) atoms. The molecule has 7 heteroatoms. The monoisotopic (exact) mass is 418 g/mol. The molecule has 0 spiro atoms. The molecule has 1 saturated heterocycles. The maximum atomic E-state index is 13.0. The van der Waals surface area contributed by atoms with Gasteiger partial charge < -0.3 is 14.5 Å². The Kier molecular flexibility index (Phi) is 6.31. The van der Waals surface area contributed by atoms with Crippen LogP contribution in [0.3, 0.4) is 0 Å². The Morgan fingerprint density at radius 2 is 1.71 bits per heavy atom. The van der Waals surface area contributed by atoms with Gasteiger partial charge in [-0.25, -0.2) is 0 Å². The number of benzene rings is 2. The third-order valence-electron chi connectivity index (χ3n) is 5.31. The Hall–Kier alpha value is -3.61. The molecule has 2 aromatic carbocycles. The van der Waals surface area contributed by atoms with E-state index in [2.05, 4.69) is 10.00 Å². The summed E-state index contributed by atoms with van der Waals surface area (Å²) < 4.78 is 6.88. The number of aromatic nitrogens is 2. The van der Waals surface area contributed by atoms with Crippen molar-refractivity contribution in [2.24, 2.45) is 0 Å². The number of nitrogens with zero attached hydrogens (tertiary/aromatic N) is 4. The van der Waals surface area contributed by atoms with Gasteiger partial charge in [0.2, 0.25) is 0 Å². The minimum absolute atomic E-state index is 0.0205. The Balaban J connectivity index is 1.47. The molecular weight excluding hydrogens is 392 g/mol. The first-order chi connectivity index (χ1) is 15.2. The number of ether oxygens (including phenoxy) is 1. The maximum absolute atomic E-state index is 13.0. The van der Waals surface area contributed by atoms with Gasteiger partial charge in [0.15, 0.2) is 0 Å². The van der Waals surface area contributed by atoms with Crippen molar-refractivity contribution in [3.63, 3.8) is 0 Å². The second kappa shape index (κ2) is 9.47. The Morgan fingerprint density at radius 3 is 2.45 bits per heavy atom. The first-order valence-corrected chi connectivity index (χ1v) is 10.6. The molecule has 0 atom stereocenters. The third-order valence-corrected chi connectivity index (χ3v) is 5.31. The average Bonchev–Trinajstić information content (AvgIpc) is 3.07. The first-order valence-electron chi connectivity index (χ1n) is 10.6. The predicted molar refractivity (Wildman–Crippen MR) is 120 cm³/mol. The zero-order valence-electron chi connectivity index (χ0n) is 17.6. The summed E-state index contributed by atoms with van der Waals surface area (Å²) in [7, 11) is 0. The summed E-state index contributed by atoms with van der Waals surface area (Å²) in [5.74, 6) is 1.52. The van der Waals surface area contributed by atoms with Gasteiger partial charge in [0.05, 0.1) is 12.3 Å². The van der Waals surface area contributed by atoms with Gasteiger partial charge >= 0.3 is 0 Å². The molecule has 0 radical (unpaired) electrons. The lowest BCUT2D eigenvalue weighted by Gasteiger charge is -2.23. The second-order valence-corrected chi connectivity index (χ2v) is 7.37. The quantitative estimate of drug-likeness (QED) is 0.637. The fourth-order valence-corrected chi connectivity index (χ4v) is 3.72. The molecule has 1 aliphatic heterocycles. The lowest BCUT2D eigenvalue weighted by atomic mass is 10.2. The Bertz CT molecular complexity index is 1080. The molecule has 0 bridgehead atoms. The van der Waals surface area contributed by atoms with E-state index in [1.165, 1.54) is 4.68 Å². The molecule has 0 N–H and O–H groups in total. The Labute approximate surface area is 181 Å². The summed E-state index contributed by atoms with van der Waals surface area (Å²) >= 11 is 0. The molecule has 4 rings (SSSR count). The molecule has 0 aliphatic carbocycles. The van der Waals surface area contributed by atoms with Gasteiger partial charge in [-0.15, -0.1) is 5.10 Å². The number of anilines is 1. The fraction of sp³-hybridized carbons (Fsp3) is 0.292. The molecule has 3 aromatic rings. The summed E-state index contributed by atoms with van der Waals surface area (Å²) in [6.07, 6.45) is 0.828. The number of hydrogen-bond acceptors (Lipinski definition) is 5. The number of carbonyl (C=O) groups excluding carboxylic acids is 1. The van der Waals surface area contributed by atoms with Crippen molar-refractivity contribution in [2.45, 2.75) is 13.3 Å². The van der Waals surface area contributed by atoms with Gasteiger partial charge in [0.1, 0.15) is 11.6 Å². The van der Waals surface area contributed by atoms with Crippen molar-refractivity contribution < 1.29 is 9.53 Å². The molecule has 1 aromatic heterocycles. The molecule has 7 nitrogen and oxygen atoms in total. The van der Waals surface area contributed by atoms with E-state index in [1.54, 1.807) is 12.1 Å². The predicted octanol–water partition coefficient (Wildman–Crippen LogP) is 2.98. The van der Waals surface area contributed by atoms with Crippen LogP contribution in [-0.2, 0) is 0 Å². The maximum Gasteiger partial charge on any atom is 0.271 e. The van der Waals surface area contributed by atoms with Crippen LogP contribution in [0.15, 0.2) is 71.5 Å². The summed E-state index contributed by atoms with van der Waals surface area (Å²) in [6, 6.07) is 20.0. The fourth-order valence-electron chi connectivity index (χ4n) is 3.72. The molecule has 0 unspecified atom stereocenters. The van der Waals surface area contributed by atoms with Crippen molar-refractivity contribution in [1.29, 1.82) is 0 Å². The van der Waals surface area contributed by atoms with Gasteiger partial charge in [-0.05, 0) is 55.8 Å². The highest BCUT2D eigenvalue weighted by Gasteiger charge is 2.21. The molecule has 0 saturated carbocycles. The molecule has 1 aliphatic rings. The third kappa shape index (κ3) is 4.77. The number of rotatable bonds is 5. The van der Waals surface area contributed by atoms with Crippen LogP contribution in [0, 0.1) is 0 Å². The van der Waals surface area contributed by atoms with Crippen LogP contribution < -0.4 is 15.2 Å². The van der Waals surface area contributed by atoms with E-state index < -0.39 is 0 Å². The van der Waals surface area contributed by atoms with Gasteiger partial charge in [-0.2, -0.15) is 4.68 Å². The summed E-state index contributed by atoms with van der Waals surface area (Å²) in [4.78, 5) is 29.3. The summed E-state index contributed by atoms with van der Waals surface area (Å²) in [6.45, 7) is 5.23. The lowest BCUT2D eigenvalue weighted by molar-refractivity contribution is 0.0767. The topological polar surface area (TPSA) is 67.7 Å².